The Hall–Kier alpha value is -1.40. The van der Waals surface area contributed by atoms with Crippen LogP contribution < -0.4 is 5.32 Å². The van der Waals surface area contributed by atoms with Crippen molar-refractivity contribution < 1.29 is 19.8 Å². The second kappa shape index (κ2) is 4.90. The Morgan fingerprint density at radius 1 is 1.53 bits per heavy atom. The van der Waals surface area contributed by atoms with Crippen molar-refractivity contribution in [3.05, 3.63) is 21.9 Å². The number of hydrogen-bond donors (Lipinski definition) is 3. The highest BCUT2D eigenvalue weighted by atomic mass is 32.1. The van der Waals surface area contributed by atoms with Crippen molar-refractivity contribution in [2.45, 2.75) is 19.5 Å². The first-order valence-corrected chi connectivity index (χ1v) is 5.15. The van der Waals surface area contributed by atoms with Gasteiger partial charge in [0.25, 0.3) is 0 Å². The second-order valence-electron chi connectivity index (χ2n) is 3.05. The van der Waals surface area contributed by atoms with E-state index in [1.54, 1.807) is 0 Å². The zero-order valence-electron chi connectivity index (χ0n) is 8.06. The Morgan fingerprint density at radius 2 is 2.20 bits per heavy atom. The molecule has 6 heteroatoms. The topological polar surface area (TPSA) is 86.6 Å². The lowest BCUT2D eigenvalue weighted by Crippen LogP contribution is -2.32. The number of aromatic carboxylic acids is 1. The molecular weight excluding hydrogens is 218 g/mol. The van der Waals surface area contributed by atoms with Crippen LogP contribution in [0.4, 0.5) is 0 Å². The van der Waals surface area contributed by atoms with E-state index in [0.717, 1.165) is 4.88 Å². The lowest BCUT2D eigenvalue weighted by atomic mass is 10.3. The monoisotopic (exact) mass is 229 g/mol. The quantitative estimate of drug-likeness (QED) is 0.701. The van der Waals surface area contributed by atoms with Crippen LogP contribution in [-0.4, -0.2) is 28.2 Å². The van der Waals surface area contributed by atoms with E-state index in [1.807, 2.05) is 0 Å². The van der Waals surface area contributed by atoms with Crippen molar-refractivity contribution in [3.63, 3.8) is 0 Å². The van der Waals surface area contributed by atoms with E-state index in [4.69, 9.17) is 10.2 Å². The third kappa shape index (κ3) is 3.34. The van der Waals surface area contributed by atoms with E-state index in [-0.39, 0.29) is 5.56 Å². The number of carbonyl (C=O) groups is 2. The molecule has 0 saturated carbocycles. The number of hydrogen-bond acceptors (Lipinski definition) is 4. The van der Waals surface area contributed by atoms with Gasteiger partial charge in [0, 0.05) is 16.8 Å². The normalized spacial score (nSPS) is 12.3. The van der Waals surface area contributed by atoms with Gasteiger partial charge in [0.05, 0.1) is 5.56 Å². The molecule has 15 heavy (non-hydrogen) atoms. The highest BCUT2D eigenvalue weighted by Gasteiger charge is 2.11. The first-order valence-electron chi connectivity index (χ1n) is 4.27. The summed E-state index contributed by atoms with van der Waals surface area (Å²) in [6, 6.07) is 0.898. The Balaban J connectivity index is 2.51. The van der Waals surface area contributed by atoms with Gasteiger partial charge in [0.1, 0.15) is 6.04 Å². The molecule has 1 atom stereocenters. The van der Waals surface area contributed by atoms with Crippen molar-refractivity contribution in [2.24, 2.45) is 0 Å². The standard InChI is InChI=1S/C9H11NO4S/c1-5(8(11)12)10-3-7-2-6(4-15-7)9(13)14/h2,4-5,10H,3H2,1H3,(H,11,12)(H,13,14). The number of carboxylic acid groups (broad SMARTS) is 2. The van der Waals surface area contributed by atoms with Gasteiger partial charge in [-0.25, -0.2) is 4.79 Å². The van der Waals surface area contributed by atoms with E-state index in [1.165, 1.54) is 29.7 Å². The summed E-state index contributed by atoms with van der Waals surface area (Å²) in [5.41, 5.74) is 0.236. The van der Waals surface area contributed by atoms with Crippen LogP contribution in [0.25, 0.3) is 0 Å². The lowest BCUT2D eigenvalue weighted by Gasteiger charge is -2.06. The Kier molecular flexibility index (Phi) is 3.81. The molecule has 0 saturated heterocycles. The lowest BCUT2D eigenvalue weighted by molar-refractivity contribution is -0.139. The zero-order chi connectivity index (χ0) is 11.4. The molecule has 1 heterocycles. The SMILES string of the molecule is CC(NCc1cc(C(=O)O)cs1)C(=O)O. The molecule has 0 aromatic carbocycles. The van der Waals surface area contributed by atoms with Crippen LogP contribution in [0.2, 0.25) is 0 Å². The number of rotatable bonds is 5. The molecule has 1 unspecified atom stereocenters. The Morgan fingerprint density at radius 3 is 2.67 bits per heavy atom. The maximum atomic E-state index is 10.6. The van der Waals surface area contributed by atoms with Crippen molar-refractivity contribution in [2.75, 3.05) is 0 Å². The third-order valence-corrected chi connectivity index (χ3v) is 2.79. The maximum Gasteiger partial charge on any atom is 0.336 e. The molecule has 0 radical (unpaired) electrons. The summed E-state index contributed by atoms with van der Waals surface area (Å²) in [6.07, 6.45) is 0. The van der Waals surface area contributed by atoms with E-state index in [9.17, 15) is 9.59 Å². The molecule has 0 fully saturated rings. The van der Waals surface area contributed by atoms with E-state index in [0.29, 0.717) is 6.54 Å². The van der Waals surface area contributed by atoms with Gasteiger partial charge in [-0.1, -0.05) is 0 Å². The highest BCUT2D eigenvalue weighted by Crippen LogP contribution is 2.14. The molecular formula is C9H11NO4S. The minimum atomic E-state index is -0.969. The third-order valence-electron chi connectivity index (χ3n) is 1.85. The first-order chi connectivity index (χ1) is 7.00. The molecule has 1 aromatic rings. The summed E-state index contributed by atoms with van der Waals surface area (Å²) >= 11 is 1.30. The van der Waals surface area contributed by atoms with Gasteiger partial charge in [0.15, 0.2) is 0 Å². The number of nitrogens with one attached hydrogen (secondary N) is 1. The molecule has 0 aliphatic heterocycles. The van der Waals surface area contributed by atoms with Crippen LogP contribution in [0, 0.1) is 0 Å². The van der Waals surface area contributed by atoms with E-state index < -0.39 is 18.0 Å². The van der Waals surface area contributed by atoms with Crippen molar-refractivity contribution in [3.8, 4) is 0 Å². The molecule has 0 spiro atoms. The van der Waals surface area contributed by atoms with Gasteiger partial charge < -0.3 is 10.2 Å². The molecule has 0 bridgehead atoms. The van der Waals surface area contributed by atoms with Crippen LogP contribution in [0.3, 0.4) is 0 Å². The second-order valence-corrected chi connectivity index (χ2v) is 4.04. The predicted octanol–water partition coefficient (Wildman–Crippen LogP) is 1.01. The summed E-state index contributed by atoms with van der Waals surface area (Å²) in [5.74, 6) is -1.89. The molecule has 0 amide bonds. The highest BCUT2D eigenvalue weighted by molar-refractivity contribution is 7.10. The summed E-state index contributed by atoms with van der Waals surface area (Å²) in [4.78, 5) is 21.8. The zero-order valence-corrected chi connectivity index (χ0v) is 8.87. The fourth-order valence-electron chi connectivity index (χ4n) is 0.926. The van der Waals surface area contributed by atoms with Gasteiger partial charge >= 0.3 is 11.9 Å². The first kappa shape index (κ1) is 11.7. The fraction of sp³-hybridized carbons (Fsp3) is 0.333. The van der Waals surface area contributed by atoms with Gasteiger partial charge in [-0.3, -0.25) is 10.1 Å². The summed E-state index contributed by atoms with van der Waals surface area (Å²) in [5, 5.41) is 21.6. The molecule has 0 aliphatic rings. The largest absolute Gasteiger partial charge is 0.480 e. The molecule has 82 valence electrons. The maximum absolute atomic E-state index is 10.6. The number of thiophene rings is 1. The van der Waals surface area contributed by atoms with Crippen LogP contribution in [0.5, 0.6) is 0 Å². The van der Waals surface area contributed by atoms with Crippen LogP contribution in [0.1, 0.15) is 22.2 Å². The summed E-state index contributed by atoms with van der Waals surface area (Å²) < 4.78 is 0. The molecule has 1 rings (SSSR count). The van der Waals surface area contributed by atoms with E-state index >= 15 is 0 Å². The van der Waals surface area contributed by atoms with Gasteiger partial charge in [-0.2, -0.15) is 0 Å². The van der Waals surface area contributed by atoms with Crippen LogP contribution in [-0.2, 0) is 11.3 Å². The van der Waals surface area contributed by atoms with Gasteiger partial charge in [-0.05, 0) is 13.0 Å². The number of aliphatic carboxylic acids is 1. The molecule has 3 N–H and O–H groups in total. The average molecular weight is 229 g/mol. The Bertz CT molecular complexity index is 374. The van der Waals surface area contributed by atoms with Crippen molar-refractivity contribution in [1.82, 2.24) is 5.32 Å². The molecule has 0 aliphatic carbocycles. The predicted molar refractivity (Wildman–Crippen MR) is 55.2 cm³/mol. The number of carboxylic acids is 2. The summed E-state index contributed by atoms with van der Waals surface area (Å²) in [7, 11) is 0. The van der Waals surface area contributed by atoms with Crippen molar-refractivity contribution in [1.29, 1.82) is 0 Å². The summed E-state index contributed by atoms with van der Waals surface area (Å²) in [6.45, 7) is 1.90. The molecule has 5 nitrogen and oxygen atoms in total. The van der Waals surface area contributed by atoms with Crippen molar-refractivity contribution >= 4 is 23.3 Å². The average Bonchev–Trinajstić information content (AvgIpc) is 2.62. The van der Waals surface area contributed by atoms with Gasteiger partial charge in [0.2, 0.25) is 0 Å². The smallest absolute Gasteiger partial charge is 0.336 e. The van der Waals surface area contributed by atoms with Crippen LogP contribution >= 0.6 is 11.3 Å². The Labute approximate surface area is 90.4 Å². The minimum Gasteiger partial charge on any atom is -0.480 e. The van der Waals surface area contributed by atoms with Crippen LogP contribution in [0.15, 0.2) is 11.4 Å². The fourth-order valence-corrected chi connectivity index (χ4v) is 1.74. The van der Waals surface area contributed by atoms with E-state index in [2.05, 4.69) is 5.32 Å². The minimum absolute atomic E-state index is 0.236. The molecule has 1 aromatic heterocycles. The van der Waals surface area contributed by atoms with Gasteiger partial charge in [-0.15, -0.1) is 11.3 Å².